The lowest BCUT2D eigenvalue weighted by Gasteiger charge is -2.09. The maximum absolute atomic E-state index is 4.66. The fourth-order valence-corrected chi connectivity index (χ4v) is 4.78. The predicted molar refractivity (Wildman–Crippen MR) is 139 cm³/mol. The third-order valence-corrected chi connectivity index (χ3v) is 6.51. The van der Waals surface area contributed by atoms with Crippen LogP contribution in [0.4, 0.5) is 0 Å². The summed E-state index contributed by atoms with van der Waals surface area (Å²) in [5.41, 5.74) is 5.03. The third-order valence-electron chi connectivity index (χ3n) is 5.55. The molecule has 0 spiro atoms. The molecular weight excluding hydrogens is 396 g/mol. The molecule has 2 heterocycles. The molecule has 0 radical (unpaired) electrons. The van der Waals surface area contributed by atoms with Crippen LogP contribution in [-0.4, -0.2) is 8.96 Å². The van der Waals surface area contributed by atoms with E-state index < -0.39 is 0 Å². The second-order valence-electron chi connectivity index (χ2n) is 9.25. The Balaban J connectivity index is 0.000000423. The minimum atomic E-state index is 0.704. The summed E-state index contributed by atoms with van der Waals surface area (Å²) < 4.78 is 2.28. The molecule has 0 saturated carbocycles. The van der Waals surface area contributed by atoms with Crippen molar-refractivity contribution in [3.05, 3.63) is 59.9 Å². The summed E-state index contributed by atoms with van der Waals surface area (Å²) in [5.74, 6) is 1.61. The summed E-state index contributed by atoms with van der Waals surface area (Å²) in [6.07, 6.45) is 13.3. The van der Waals surface area contributed by atoms with Crippen molar-refractivity contribution >= 4 is 23.0 Å². The molecule has 170 valence electrons. The number of hydrogen-bond donors (Lipinski definition) is 0. The van der Waals surface area contributed by atoms with Crippen LogP contribution in [0.15, 0.2) is 53.7 Å². The van der Waals surface area contributed by atoms with Crippen molar-refractivity contribution in [2.45, 2.75) is 91.4 Å². The smallest absolute Gasteiger partial charge is 0.0922 e. The van der Waals surface area contributed by atoms with Gasteiger partial charge in [0.2, 0.25) is 0 Å². The summed E-state index contributed by atoms with van der Waals surface area (Å²) in [5, 5.41) is 0. The SMILES string of the molecule is CCCCC(C)C.CCCCC(C)Cc1cn(Sc2cccc(C)c2)c2cccnc12. The number of aryl methyl sites for hydroxylation is 1. The van der Waals surface area contributed by atoms with Gasteiger partial charge in [0.05, 0.1) is 11.0 Å². The Bertz CT molecular complexity index is 897. The van der Waals surface area contributed by atoms with Gasteiger partial charge in [-0.05, 0) is 72.5 Å². The third kappa shape index (κ3) is 8.73. The Morgan fingerprint density at radius 2 is 1.71 bits per heavy atom. The maximum Gasteiger partial charge on any atom is 0.0922 e. The molecule has 31 heavy (non-hydrogen) atoms. The van der Waals surface area contributed by atoms with Crippen LogP contribution in [0, 0.1) is 18.8 Å². The Kier molecular flexibility index (Phi) is 11.2. The van der Waals surface area contributed by atoms with Gasteiger partial charge in [-0.15, -0.1) is 0 Å². The van der Waals surface area contributed by atoms with Gasteiger partial charge < -0.3 is 0 Å². The molecule has 1 unspecified atom stereocenters. The van der Waals surface area contributed by atoms with E-state index >= 15 is 0 Å². The molecule has 2 aromatic heterocycles. The molecule has 2 nitrogen and oxygen atoms in total. The molecule has 0 aliphatic carbocycles. The molecule has 0 bridgehead atoms. The fraction of sp³-hybridized carbons (Fsp3) is 0.536. The van der Waals surface area contributed by atoms with E-state index in [2.05, 4.69) is 87.0 Å². The van der Waals surface area contributed by atoms with Gasteiger partial charge >= 0.3 is 0 Å². The van der Waals surface area contributed by atoms with Crippen molar-refractivity contribution in [3.8, 4) is 0 Å². The van der Waals surface area contributed by atoms with Crippen LogP contribution < -0.4 is 0 Å². The molecule has 0 aliphatic heterocycles. The van der Waals surface area contributed by atoms with Crippen molar-refractivity contribution in [1.29, 1.82) is 0 Å². The number of benzene rings is 1. The van der Waals surface area contributed by atoms with Crippen molar-refractivity contribution in [2.75, 3.05) is 0 Å². The van der Waals surface area contributed by atoms with E-state index in [0.29, 0.717) is 5.92 Å². The first-order chi connectivity index (χ1) is 14.9. The summed E-state index contributed by atoms with van der Waals surface area (Å²) >= 11 is 1.77. The zero-order valence-electron chi connectivity index (χ0n) is 20.5. The standard InChI is InChI=1S/C21H26N2S.C7H16/c1-4-5-8-16(2)13-18-15-23(20-11-7-12-22-21(18)20)24-19-10-6-9-17(3)14-19;1-4-5-6-7(2)3/h6-7,9-12,14-16H,4-5,8,13H2,1-3H3;7H,4-6H2,1-3H3. The number of aromatic nitrogens is 2. The van der Waals surface area contributed by atoms with Crippen LogP contribution in [-0.2, 0) is 6.42 Å². The number of hydrogen-bond acceptors (Lipinski definition) is 2. The summed E-state index contributed by atoms with van der Waals surface area (Å²) in [6.45, 7) is 13.5. The van der Waals surface area contributed by atoms with Gasteiger partial charge in [0.1, 0.15) is 0 Å². The quantitative estimate of drug-likeness (QED) is 0.314. The number of fused-ring (bicyclic) bond motifs is 1. The van der Waals surface area contributed by atoms with E-state index in [9.17, 15) is 0 Å². The molecule has 0 aliphatic rings. The number of unbranched alkanes of at least 4 members (excludes halogenated alkanes) is 2. The Morgan fingerprint density at radius 3 is 2.35 bits per heavy atom. The molecular formula is C28H42N2S. The van der Waals surface area contributed by atoms with Gasteiger partial charge in [0.25, 0.3) is 0 Å². The first kappa shape index (κ1) is 25.5. The van der Waals surface area contributed by atoms with Gasteiger partial charge in [-0.25, -0.2) is 0 Å². The summed E-state index contributed by atoms with van der Waals surface area (Å²) in [6, 6.07) is 12.9. The summed E-state index contributed by atoms with van der Waals surface area (Å²) in [4.78, 5) is 5.93. The molecule has 0 fully saturated rings. The van der Waals surface area contributed by atoms with Crippen LogP contribution in [0.3, 0.4) is 0 Å². The Morgan fingerprint density at radius 1 is 0.968 bits per heavy atom. The average molecular weight is 439 g/mol. The number of nitrogens with zero attached hydrogens (tertiary/aromatic N) is 2. The van der Waals surface area contributed by atoms with Gasteiger partial charge in [-0.3, -0.25) is 8.96 Å². The van der Waals surface area contributed by atoms with E-state index in [1.54, 1.807) is 11.9 Å². The van der Waals surface area contributed by atoms with Crippen molar-refractivity contribution in [1.82, 2.24) is 8.96 Å². The minimum Gasteiger partial charge on any atom is -0.285 e. The summed E-state index contributed by atoms with van der Waals surface area (Å²) in [7, 11) is 0. The zero-order chi connectivity index (χ0) is 22.6. The number of rotatable bonds is 10. The largest absolute Gasteiger partial charge is 0.285 e. The van der Waals surface area contributed by atoms with Crippen LogP contribution in [0.25, 0.3) is 11.0 Å². The highest BCUT2D eigenvalue weighted by Gasteiger charge is 2.13. The van der Waals surface area contributed by atoms with Crippen molar-refractivity contribution < 1.29 is 0 Å². The van der Waals surface area contributed by atoms with Crippen LogP contribution in [0.1, 0.15) is 84.3 Å². The predicted octanol–water partition coefficient (Wildman–Crippen LogP) is 9.10. The van der Waals surface area contributed by atoms with Crippen molar-refractivity contribution in [2.24, 2.45) is 11.8 Å². The molecule has 0 N–H and O–H groups in total. The Hall–Kier alpha value is -1.74. The first-order valence-electron chi connectivity index (χ1n) is 12.1. The monoisotopic (exact) mass is 438 g/mol. The van der Waals surface area contributed by atoms with Gasteiger partial charge in [0, 0.05) is 17.3 Å². The number of pyridine rings is 1. The van der Waals surface area contributed by atoms with E-state index in [1.807, 2.05) is 12.3 Å². The second kappa shape index (κ2) is 13.6. The minimum absolute atomic E-state index is 0.704. The normalized spacial score (nSPS) is 12.1. The van der Waals surface area contributed by atoms with Crippen LogP contribution in [0.2, 0.25) is 0 Å². The van der Waals surface area contributed by atoms with Gasteiger partial charge in [-0.1, -0.05) is 85.3 Å². The molecule has 1 aromatic carbocycles. The lowest BCUT2D eigenvalue weighted by atomic mass is 9.97. The highest BCUT2D eigenvalue weighted by atomic mass is 32.2. The Labute approximate surface area is 195 Å². The van der Waals surface area contributed by atoms with E-state index in [-0.39, 0.29) is 0 Å². The molecule has 3 aromatic rings. The molecule has 1 atom stereocenters. The molecule has 3 rings (SSSR count). The highest BCUT2D eigenvalue weighted by molar-refractivity contribution is 7.98. The highest BCUT2D eigenvalue weighted by Crippen LogP contribution is 2.30. The lowest BCUT2D eigenvalue weighted by Crippen LogP contribution is -1.99. The first-order valence-corrected chi connectivity index (χ1v) is 12.9. The van der Waals surface area contributed by atoms with E-state index in [0.717, 1.165) is 17.9 Å². The van der Waals surface area contributed by atoms with Gasteiger partial charge in [-0.2, -0.15) is 0 Å². The molecule has 0 saturated heterocycles. The van der Waals surface area contributed by atoms with Crippen molar-refractivity contribution in [3.63, 3.8) is 0 Å². The fourth-order valence-electron chi connectivity index (χ4n) is 3.75. The second-order valence-corrected chi connectivity index (χ2v) is 10.3. The average Bonchev–Trinajstić information content (AvgIpc) is 3.08. The molecule has 0 amide bonds. The lowest BCUT2D eigenvalue weighted by molar-refractivity contribution is 0.504. The molecule has 3 heteroatoms. The van der Waals surface area contributed by atoms with Crippen LogP contribution >= 0.6 is 11.9 Å². The zero-order valence-corrected chi connectivity index (χ0v) is 21.3. The maximum atomic E-state index is 4.66. The van der Waals surface area contributed by atoms with E-state index in [4.69, 9.17) is 0 Å². The van der Waals surface area contributed by atoms with Gasteiger partial charge in [0.15, 0.2) is 0 Å². The van der Waals surface area contributed by atoms with Crippen LogP contribution in [0.5, 0.6) is 0 Å². The topological polar surface area (TPSA) is 17.8 Å². The van der Waals surface area contributed by atoms with E-state index in [1.165, 1.54) is 60.1 Å².